The van der Waals surface area contributed by atoms with E-state index >= 15 is 0 Å². The maximum absolute atomic E-state index is 12.7. The van der Waals surface area contributed by atoms with Crippen LogP contribution in [-0.4, -0.2) is 5.78 Å². The molecule has 2 nitrogen and oxygen atoms in total. The molecule has 0 saturated heterocycles. The number of anilines is 3. The quantitative estimate of drug-likeness (QED) is 0.352. The van der Waals surface area contributed by atoms with E-state index < -0.39 is 0 Å². The molecule has 0 unspecified atom stereocenters. The SMILES string of the molecule is O=C1/C(=C/c2ccc(N(c3ccccc3)c3ccccc3)cc2)Cc2ccccc21. The zero-order valence-corrected chi connectivity index (χ0v) is 16.5. The van der Waals surface area contributed by atoms with E-state index in [0.717, 1.165) is 39.3 Å². The van der Waals surface area contributed by atoms with Gasteiger partial charge in [0, 0.05) is 34.6 Å². The molecule has 0 N–H and O–H groups in total. The first kappa shape index (κ1) is 18.1. The van der Waals surface area contributed by atoms with Gasteiger partial charge in [-0.1, -0.05) is 72.8 Å². The summed E-state index contributed by atoms with van der Waals surface area (Å²) in [5.74, 6) is 0.143. The number of rotatable bonds is 4. The summed E-state index contributed by atoms with van der Waals surface area (Å²) >= 11 is 0. The molecular weight excluding hydrogens is 366 g/mol. The maximum atomic E-state index is 12.7. The number of carbonyl (C=O) groups excluding carboxylic acids is 1. The van der Waals surface area contributed by atoms with Crippen molar-refractivity contribution >= 4 is 28.9 Å². The number of fused-ring (bicyclic) bond motifs is 1. The minimum absolute atomic E-state index is 0.143. The molecule has 144 valence electrons. The molecule has 5 rings (SSSR count). The Bertz CT molecular complexity index is 1170. The molecule has 30 heavy (non-hydrogen) atoms. The third-order valence-electron chi connectivity index (χ3n) is 5.46. The molecule has 0 aromatic heterocycles. The van der Waals surface area contributed by atoms with Gasteiger partial charge in [0.25, 0.3) is 0 Å². The number of hydrogen-bond donors (Lipinski definition) is 0. The van der Waals surface area contributed by atoms with E-state index in [9.17, 15) is 4.79 Å². The van der Waals surface area contributed by atoms with E-state index in [-0.39, 0.29) is 5.78 Å². The first-order chi connectivity index (χ1) is 14.8. The third-order valence-corrected chi connectivity index (χ3v) is 5.46. The van der Waals surface area contributed by atoms with Gasteiger partial charge in [0.1, 0.15) is 0 Å². The zero-order valence-electron chi connectivity index (χ0n) is 16.5. The molecule has 0 fully saturated rings. The molecule has 1 aliphatic rings. The van der Waals surface area contributed by atoms with Crippen LogP contribution in [0.5, 0.6) is 0 Å². The van der Waals surface area contributed by atoms with Crippen molar-refractivity contribution < 1.29 is 4.79 Å². The summed E-state index contributed by atoms with van der Waals surface area (Å²) in [4.78, 5) is 14.9. The van der Waals surface area contributed by atoms with Crippen molar-refractivity contribution in [3.8, 4) is 0 Å². The summed E-state index contributed by atoms with van der Waals surface area (Å²) in [6.07, 6.45) is 2.72. The summed E-state index contributed by atoms with van der Waals surface area (Å²) in [6.45, 7) is 0. The Kier molecular flexibility index (Phi) is 4.74. The molecule has 4 aromatic rings. The highest BCUT2D eigenvalue weighted by Gasteiger charge is 2.23. The van der Waals surface area contributed by atoms with E-state index in [1.54, 1.807) is 0 Å². The number of ketones is 1. The summed E-state index contributed by atoms with van der Waals surface area (Å²) < 4.78 is 0. The highest BCUT2D eigenvalue weighted by Crippen LogP contribution is 2.34. The van der Waals surface area contributed by atoms with E-state index in [1.807, 2.05) is 66.7 Å². The molecule has 4 aromatic carbocycles. The molecule has 0 aliphatic heterocycles. The van der Waals surface area contributed by atoms with E-state index in [2.05, 4.69) is 53.4 Å². The number of hydrogen-bond acceptors (Lipinski definition) is 2. The average Bonchev–Trinajstić information content (AvgIpc) is 3.12. The molecule has 0 amide bonds. The molecular formula is C28H21NO. The smallest absolute Gasteiger partial charge is 0.189 e. The van der Waals surface area contributed by atoms with Crippen LogP contribution in [0.15, 0.2) is 115 Å². The summed E-state index contributed by atoms with van der Waals surface area (Å²) in [5, 5.41) is 0. The molecule has 0 saturated carbocycles. The van der Waals surface area contributed by atoms with Crippen molar-refractivity contribution in [1.29, 1.82) is 0 Å². The zero-order chi connectivity index (χ0) is 20.3. The molecule has 0 heterocycles. The van der Waals surface area contributed by atoms with Gasteiger partial charge in [-0.25, -0.2) is 0 Å². The van der Waals surface area contributed by atoms with Gasteiger partial charge in [-0.2, -0.15) is 0 Å². The average molecular weight is 387 g/mol. The molecule has 0 atom stereocenters. The second kappa shape index (κ2) is 7.84. The van der Waals surface area contributed by atoms with Crippen LogP contribution in [0, 0.1) is 0 Å². The third kappa shape index (κ3) is 3.44. The van der Waals surface area contributed by atoms with Gasteiger partial charge in [0.2, 0.25) is 0 Å². The Morgan fingerprint density at radius 1 is 0.600 bits per heavy atom. The number of benzene rings is 4. The lowest BCUT2D eigenvalue weighted by Crippen LogP contribution is -2.09. The summed E-state index contributed by atoms with van der Waals surface area (Å²) in [6, 6.07) is 36.9. The lowest BCUT2D eigenvalue weighted by atomic mass is 10.1. The van der Waals surface area contributed by atoms with E-state index in [1.165, 1.54) is 0 Å². The van der Waals surface area contributed by atoms with Gasteiger partial charge in [0.15, 0.2) is 5.78 Å². The lowest BCUT2D eigenvalue weighted by Gasteiger charge is -2.25. The van der Waals surface area contributed by atoms with Crippen molar-refractivity contribution in [3.05, 3.63) is 131 Å². The van der Waals surface area contributed by atoms with Crippen LogP contribution in [0.2, 0.25) is 0 Å². The fraction of sp³-hybridized carbons (Fsp3) is 0.0357. The highest BCUT2D eigenvalue weighted by molar-refractivity contribution is 6.15. The van der Waals surface area contributed by atoms with Gasteiger partial charge in [-0.15, -0.1) is 0 Å². The Balaban J connectivity index is 1.47. The van der Waals surface area contributed by atoms with Gasteiger partial charge in [0.05, 0.1) is 0 Å². The van der Waals surface area contributed by atoms with Crippen LogP contribution in [-0.2, 0) is 6.42 Å². The van der Waals surface area contributed by atoms with E-state index in [0.29, 0.717) is 6.42 Å². The first-order valence-corrected chi connectivity index (χ1v) is 10.1. The van der Waals surface area contributed by atoms with Crippen molar-refractivity contribution in [2.24, 2.45) is 0 Å². The van der Waals surface area contributed by atoms with Crippen molar-refractivity contribution in [1.82, 2.24) is 0 Å². The minimum Gasteiger partial charge on any atom is -0.311 e. The second-order valence-electron chi connectivity index (χ2n) is 7.43. The van der Waals surface area contributed by atoms with Crippen LogP contribution in [0.3, 0.4) is 0 Å². The number of Topliss-reactive ketones (excluding diaryl/α,β-unsaturated/α-hetero) is 1. The summed E-state index contributed by atoms with van der Waals surface area (Å²) in [5.41, 5.74) is 7.13. The van der Waals surface area contributed by atoms with Crippen molar-refractivity contribution in [3.63, 3.8) is 0 Å². The fourth-order valence-corrected chi connectivity index (χ4v) is 3.99. The standard InChI is InChI=1S/C28H21NO/c30-28-23(20-22-9-7-8-14-27(22)28)19-21-15-17-26(18-16-21)29(24-10-3-1-4-11-24)25-12-5-2-6-13-25/h1-19H,20H2/b23-19+. The fourth-order valence-electron chi connectivity index (χ4n) is 3.99. The minimum atomic E-state index is 0.143. The van der Waals surface area contributed by atoms with Crippen LogP contribution in [0.25, 0.3) is 6.08 Å². The van der Waals surface area contributed by atoms with Crippen LogP contribution >= 0.6 is 0 Å². The predicted octanol–water partition coefficient (Wildman–Crippen LogP) is 6.98. The Morgan fingerprint density at radius 2 is 1.13 bits per heavy atom. The van der Waals surface area contributed by atoms with Crippen molar-refractivity contribution in [2.45, 2.75) is 6.42 Å². The molecule has 0 radical (unpaired) electrons. The lowest BCUT2D eigenvalue weighted by molar-refractivity contribution is 0.104. The van der Waals surface area contributed by atoms with Gasteiger partial charge in [-0.3, -0.25) is 4.79 Å². The van der Waals surface area contributed by atoms with Gasteiger partial charge >= 0.3 is 0 Å². The van der Waals surface area contributed by atoms with Gasteiger partial charge in [-0.05, 0) is 53.6 Å². The number of nitrogens with zero attached hydrogens (tertiary/aromatic N) is 1. The van der Waals surface area contributed by atoms with Crippen LogP contribution in [0.4, 0.5) is 17.1 Å². The Labute approximate surface area is 176 Å². The second-order valence-corrected chi connectivity index (χ2v) is 7.43. The summed E-state index contributed by atoms with van der Waals surface area (Å²) in [7, 11) is 0. The van der Waals surface area contributed by atoms with Crippen LogP contribution < -0.4 is 4.90 Å². The number of allylic oxidation sites excluding steroid dienone is 1. The Morgan fingerprint density at radius 3 is 1.73 bits per heavy atom. The largest absolute Gasteiger partial charge is 0.311 e. The Hall–Kier alpha value is -3.91. The highest BCUT2D eigenvalue weighted by atomic mass is 16.1. The van der Waals surface area contributed by atoms with Gasteiger partial charge < -0.3 is 4.90 Å². The maximum Gasteiger partial charge on any atom is 0.189 e. The topological polar surface area (TPSA) is 20.3 Å². The molecule has 2 heteroatoms. The molecule has 0 spiro atoms. The first-order valence-electron chi connectivity index (χ1n) is 10.1. The molecule has 1 aliphatic carbocycles. The normalized spacial score (nSPS) is 14.0. The monoisotopic (exact) mass is 387 g/mol. The van der Waals surface area contributed by atoms with Crippen molar-refractivity contribution in [2.75, 3.05) is 4.90 Å². The predicted molar refractivity (Wildman–Crippen MR) is 124 cm³/mol. The van der Waals surface area contributed by atoms with Crippen LogP contribution in [0.1, 0.15) is 21.5 Å². The van der Waals surface area contributed by atoms with E-state index in [4.69, 9.17) is 0 Å². The number of para-hydroxylation sites is 2. The number of carbonyl (C=O) groups is 1. The molecule has 0 bridgehead atoms.